The summed E-state index contributed by atoms with van der Waals surface area (Å²) in [5, 5.41) is 16.0. The van der Waals surface area contributed by atoms with Crippen LogP contribution in [0.15, 0.2) is 48.7 Å². The molecule has 146 valence electrons. The topological polar surface area (TPSA) is 121 Å². The zero-order valence-electron chi connectivity index (χ0n) is 15.3. The summed E-state index contributed by atoms with van der Waals surface area (Å²) in [6.45, 7) is 0.304. The van der Waals surface area contributed by atoms with E-state index in [1.54, 1.807) is 30.3 Å². The summed E-state index contributed by atoms with van der Waals surface area (Å²) in [6, 6.07) is 11.3. The Hall–Kier alpha value is -4.08. The molecule has 10 heteroatoms. The number of fused-ring (bicyclic) bond motifs is 1. The number of halogens is 1. The van der Waals surface area contributed by atoms with Gasteiger partial charge in [0.1, 0.15) is 5.82 Å². The monoisotopic (exact) mass is 393 g/mol. The minimum absolute atomic E-state index is 0.171. The molecule has 0 fully saturated rings. The first kappa shape index (κ1) is 18.3. The van der Waals surface area contributed by atoms with Gasteiger partial charge in [0.25, 0.3) is 11.8 Å². The Labute approximate surface area is 164 Å². The van der Waals surface area contributed by atoms with Crippen molar-refractivity contribution in [1.29, 1.82) is 0 Å². The number of carbonyl (C=O) groups excluding carboxylic acids is 1. The number of rotatable bonds is 6. The lowest BCUT2D eigenvalue weighted by atomic mass is 10.1. The molecule has 0 atom stereocenters. The lowest BCUT2D eigenvalue weighted by Gasteiger charge is -2.10. The molecule has 3 N–H and O–H groups in total. The van der Waals surface area contributed by atoms with E-state index in [0.29, 0.717) is 28.8 Å². The second kappa shape index (κ2) is 7.50. The molecule has 0 saturated carbocycles. The van der Waals surface area contributed by atoms with Crippen LogP contribution in [0.1, 0.15) is 15.9 Å². The van der Waals surface area contributed by atoms with Crippen LogP contribution < -0.4 is 15.8 Å². The molecule has 4 rings (SSSR count). The van der Waals surface area contributed by atoms with Gasteiger partial charge in [0.05, 0.1) is 24.4 Å². The van der Waals surface area contributed by atoms with E-state index in [0.717, 1.165) is 5.56 Å². The van der Waals surface area contributed by atoms with Crippen LogP contribution >= 0.6 is 0 Å². The summed E-state index contributed by atoms with van der Waals surface area (Å²) >= 11 is 0. The highest BCUT2D eigenvalue weighted by molar-refractivity contribution is 6.05. The van der Waals surface area contributed by atoms with Crippen molar-refractivity contribution in [3.05, 3.63) is 65.6 Å². The van der Waals surface area contributed by atoms with Gasteiger partial charge in [0, 0.05) is 11.9 Å². The summed E-state index contributed by atoms with van der Waals surface area (Å²) in [7, 11) is 1.45. The first-order chi connectivity index (χ1) is 14.1. The third-order valence-corrected chi connectivity index (χ3v) is 4.26. The highest BCUT2D eigenvalue weighted by atomic mass is 19.1. The lowest BCUT2D eigenvalue weighted by molar-refractivity contribution is 0.100. The zero-order chi connectivity index (χ0) is 20.4. The maximum absolute atomic E-state index is 13.4. The Bertz CT molecular complexity index is 1210. The van der Waals surface area contributed by atoms with Gasteiger partial charge in [-0.2, -0.15) is 14.8 Å². The van der Waals surface area contributed by atoms with Gasteiger partial charge in [-0.3, -0.25) is 4.79 Å². The van der Waals surface area contributed by atoms with Gasteiger partial charge in [-0.1, -0.05) is 18.2 Å². The van der Waals surface area contributed by atoms with Crippen molar-refractivity contribution in [2.75, 3.05) is 12.4 Å². The number of anilines is 1. The van der Waals surface area contributed by atoms with Gasteiger partial charge in [-0.15, -0.1) is 10.2 Å². The Morgan fingerprint density at radius 2 is 2.07 bits per heavy atom. The first-order valence-electron chi connectivity index (χ1n) is 8.61. The van der Waals surface area contributed by atoms with Crippen LogP contribution in [0.3, 0.4) is 0 Å². The SMILES string of the molecule is COc1nnc(-n2ncc3c(C(N)=O)cccc32)nc1NCc1cccc(F)c1. The molecule has 0 bridgehead atoms. The molecule has 1 amide bonds. The standard InChI is InChI=1S/C19H16FN7O2/c1-29-18-17(22-9-11-4-2-5-12(20)8-11)24-19(26-25-18)27-15-7-3-6-13(16(21)28)14(15)10-23-27/h2-8,10H,9H2,1H3,(H2,21,28)(H,22,24,26). The fraction of sp³-hybridized carbons (Fsp3) is 0.105. The number of hydrogen-bond donors (Lipinski definition) is 2. The van der Waals surface area contributed by atoms with E-state index >= 15 is 0 Å². The minimum Gasteiger partial charge on any atom is -0.477 e. The molecule has 0 spiro atoms. The molecule has 0 aliphatic heterocycles. The van der Waals surface area contributed by atoms with E-state index in [2.05, 4.69) is 25.6 Å². The maximum Gasteiger partial charge on any atom is 0.276 e. The molecule has 4 aromatic rings. The summed E-state index contributed by atoms with van der Waals surface area (Å²) in [5.74, 6) is -0.215. The Balaban J connectivity index is 1.70. The average Bonchev–Trinajstić information content (AvgIpc) is 3.16. The fourth-order valence-electron chi connectivity index (χ4n) is 2.91. The van der Waals surface area contributed by atoms with Crippen molar-refractivity contribution in [3.8, 4) is 11.8 Å². The molecule has 0 unspecified atom stereocenters. The van der Waals surface area contributed by atoms with E-state index < -0.39 is 5.91 Å². The normalized spacial score (nSPS) is 10.8. The molecule has 2 aromatic heterocycles. The molecule has 0 radical (unpaired) electrons. The average molecular weight is 393 g/mol. The highest BCUT2D eigenvalue weighted by Crippen LogP contribution is 2.23. The van der Waals surface area contributed by atoms with E-state index in [4.69, 9.17) is 10.5 Å². The van der Waals surface area contributed by atoms with E-state index in [9.17, 15) is 9.18 Å². The van der Waals surface area contributed by atoms with Crippen LogP contribution in [0, 0.1) is 5.82 Å². The number of carbonyl (C=O) groups is 1. The van der Waals surface area contributed by atoms with Gasteiger partial charge < -0.3 is 15.8 Å². The van der Waals surface area contributed by atoms with Crippen molar-refractivity contribution >= 4 is 22.6 Å². The Morgan fingerprint density at radius 3 is 2.83 bits per heavy atom. The number of benzene rings is 2. The molecule has 2 heterocycles. The molecular weight excluding hydrogens is 377 g/mol. The summed E-state index contributed by atoms with van der Waals surface area (Å²) in [6.07, 6.45) is 1.52. The Kier molecular flexibility index (Phi) is 4.73. The smallest absolute Gasteiger partial charge is 0.276 e. The number of nitrogens with two attached hydrogens (primary N) is 1. The quantitative estimate of drug-likeness (QED) is 0.514. The van der Waals surface area contributed by atoms with Crippen LogP contribution in [0.2, 0.25) is 0 Å². The molecule has 2 aromatic carbocycles. The molecular formula is C19H16FN7O2. The van der Waals surface area contributed by atoms with Gasteiger partial charge in [-0.25, -0.2) is 4.39 Å². The number of methoxy groups -OCH3 is 1. The van der Waals surface area contributed by atoms with Gasteiger partial charge >= 0.3 is 0 Å². The van der Waals surface area contributed by atoms with Crippen LogP contribution in [-0.2, 0) is 6.54 Å². The molecule has 29 heavy (non-hydrogen) atoms. The van der Waals surface area contributed by atoms with Crippen LogP contribution in [0.25, 0.3) is 16.9 Å². The molecule has 9 nitrogen and oxygen atoms in total. The number of hydrogen-bond acceptors (Lipinski definition) is 7. The van der Waals surface area contributed by atoms with Crippen molar-refractivity contribution < 1.29 is 13.9 Å². The van der Waals surface area contributed by atoms with Crippen LogP contribution in [-0.4, -0.2) is 38.0 Å². The van der Waals surface area contributed by atoms with Crippen molar-refractivity contribution in [1.82, 2.24) is 25.0 Å². The van der Waals surface area contributed by atoms with Gasteiger partial charge in [0.2, 0.25) is 5.91 Å². The third kappa shape index (κ3) is 3.55. The maximum atomic E-state index is 13.4. The van der Waals surface area contributed by atoms with E-state index in [-0.39, 0.29) is 17.6 Å². The molecule has 0 saturated heterocycles. The summed E-state index contributed by atoms with van der Waals surface area (Å²) < 4.78 is 20.0. The predicted molar refractivity (Wildman–Crippen MR) is 103 cm³/mol. The number of aromatic nitrogens is 5. The molecule has 0 aliphatic carbocycles. The zero-order valence-corrected chi connectivity index (χ0v) is 15.3. The third-order valence-electron chi connectivity index (χ3n) is 4.26. The predicted octanol–water partition coefficient (Wildman–Crippen LogP) is 2.07. The number of nitrogens with one attached hydrogen (secondary N) is 1. The van der Waals surface area contributed by atoms with E-state index in [1.807, 2.05) is 0 Å². The molecule has 0 aliphatic rings. The Morgan fingerprint density at radius 1 is 1.24 bits per heavy atom. The first-order valence-corrected chi connectivity index (χ1v) is 8.61. The largest absolute Gasteiger partial charge is 0.477 e. The van der Waals surface area contributed by atoms with Gasteiger partial charge in [0.15, 0.2) is 5.82 Å². The number of primary amides is 1. The van der Waals surface area contributed by atoms with Crippen molar-refractivity contribution in [2.45, 2.75) is 6.54 Å². The number of nitrogens with zero attached hydrogens (tertiary/aromatic N) is 5. The lowest BCUT2D eigenvalue weighted by Crippen LogP contribution is -2.12. The summed E-state index contributed by atoms with van der Waals surface area (Å²) in [4.78, 5) is 16.1. The number of ether oxygens (including phenoxy) is 1. The van der Waals surface area contributed by atoms with Crippen molar-refractivity contribution in [2.24, 2.45) is 5.73 Å². The summed E-state index contributed by atoms with van der Waals surface area (Å²) in [5.41, 5.74) is 7.10. The number of amides is 1. The van der Waals surface area contributed by atoms with Gasteiger partial charge in [-0.05, 0) is 29.8 Å². The van der Waals surface area contributed by atoms with Crippen LogP contribution in [0.5, 0.6) is 5.88 Å². The van der Waals surface area contributed by atoms with E-state index in [1.165, 1.54) is 30.1 Å². The van der Waals surface area contributed by atoms with Crippen LogP contribution in [0.4, 0.5) is 10.2 Å². The highest BCUT2D eigenvalue weighted by Gasteiger charge is 2.16. The fourth-order valence-corrected chi connectivity index (χ4v) is 2.91. The second-order valence-electron chi connectivity index (χ2n) is 6.11. The minimum atomic E-state index is -0.554. The van der Waals surface area contributed by atoms with Crippen molar-refractivity contribution in [3.63, 3.8) is 0 Å². The second-order valence-corrected chi connectivity index (χ2v) is 6.11.